The van der Waals surface area contributed by atoms with Crippen LogP contribution in [-0.2, 0) is 9.53 Å². The predicted octanol–water partition coefficient (Wildman–Crippen LogP) is 0.363. The van der Waals surface area contributed by atoms with Crippen LogP contribution in [0.4, 0.5) is 0 Å². The summed E-state index contributed by atoms with van der Waals surface area (Å²) >= 11 is 0. The summed E-state index contributed by atoms with van der Waals surface area (Å²) in [7, 11) is 0. The van der Waals surface area contributed by atoms with Crippen LogP contribution in [0.25, 0.3) is 0 Å². The molecule has 0 radical (unpaired) electrons. The maximum absolute atomic E-state index is 10.8. The maximum atomic E-state index is 10.8. The largest absolute Gasteiger partial charge is 0.377 e. The van der Waals surface area contributed by atoms with Crippen molar-refractivity contribution in [3.8, 4) is 0 Å². The molecule has 2 rings (SSSR count). The van der Waals surface area contributed by atoms with Crippen molar-refractivity contribution in [3.05, 3.63) is 0 Å². The molecule has 0 aromatic rings. The van der Waals surface area contributed by atoms with E-state index in [1.54, 1.807) is 0 Å². The van der Waals surface area contributed by atoms with Crippen molar-refractivity contribution in [2.75, 3.05) is 26.2 Å². The zero-order chi connectivity index (χ0) is 10.7. The van der Waals surface area contributed by atoms with E-state index in [4.69, 9.17) is 10.5 Å². The number of nitrogens with two attached hydrogens (primary N) is 1. The first kappa shape index (κ1) is 10.9. The molecule has 2 aliphatic rings. The van der Waals surface area contributed by atoms with E-state index < -0.39 is 0 Å². The topological polar surface area (TPSA) is 55.6 Å². The Morgan fingerprint density at radius 3 is 2.87 bits per heavy atom. The molecule has 2 fully saturated rings. The van der Waals surface area contributed by atoms with Gasteiger partial charge in [0.1, 0.15) is 0 Å². The Morgan fingerprint density at radius 2 is 2.13 bits per heavy atom. The molecule has 0 bridgehead atoms. The third-order valence-corrected chi connectivity index (χ3v) is 3.35. The molecule has 1 atom stereocenters. The fraction of sp³-hybridized carbons (Fsp3) is 0.909. The Labute approximate surface area is 90.8 Å². The quantitative estimate of drug-likeness (QED) is 0.735. The van der Waals surface area contributed by atoms with Gasteiger partial charge in [-0.15, -0.1) is 0 Å². The van der Waals surface area contributed by atoms with Crippen LogP contribution in [-0.4, -0.2) is 43.2 Å². The van der Waals surface area contributed by atoms with E-state index in [-0.39, 0.29) is 11.8 Å². The first-order chi connectivity index (χ1) is 7.25. The summed E-state index contributed by atoms with van der Waals surface area (Å²) in [6, 6.07) is 0. The van der Waals surface area contributed by atoms with E-state index in [0.29, 0.717) is 6.10 Å². The molecule has 4 heteroatoms. The Kier molecular flexibility index (Phi) is 3.59. The molecule has 2 saturated heterocycles. The lowest BCUT2D eigenvalue weighted by atomic mass is 9.98. The minimum absolute atomic E-state index is 0.0794. The number of nitrogens with zero attached hydrogens (tertiary/aromatic N) is 1. The van der Waals surface area contributed by atoms with Gasteiger partial charge in [-0.2, -0.15) is 0 Å². The lowest BCUT2D eigenvalue weighted by Crippen LogP contribution is -2.54. The van der Waals surface area contributed by atoms with Gasteiger partial charge in [-0.3, -0.25) is 9.69 Å². The lowest BCUT2D eigenvalue weighted by molar-refractivity contribution is -0.127. The number of hydrogen-bond acceptors (Lipinski definition) is 3. The van der Waals surface area contributed by atoms with Gasteiger partial charge in [0.25, 0.3) is 0 Å². The van der Waals surface area contributed by atoms with Crippen molar-refractivity contribution in [1.29, 1.82) is 0 Å². The Balaban J connectivity index is 1.67. The molecular formula is C11H20N2O2. The van der Waals surface area contributed by atoms with E-state index in [1.807, 2.05) is 0 Å². The average Bonchev–Trinajstić information content (AvgIpc) is 2.37. The first-order valence-corrected chi connectivity index (χ1v) is 5.89. The van der Waals surface area contributed by atoms with Gasteiger partial charge < -0.3 is 10.5 Å². The predicted molar refractivity (Wildman–Crippen MR) is 57.3 cm³/mol. The summed E-state index contributed by atoms with van der Waals surface area (Å²) < 4.78 is 5.75. The van der Waals surface area contributed by atoms with Crippen LogP contribution < -0.4 is 5.73 Å². The number of carbonyl (C=O) groups excluding carboxylic acids is 1. The van der Waals surface area contributed by atoms with E-state index >= 15 is 0 Å². The van der Waals surface area contributed by atoms with Crippen LogP contribution in [0.2, 0.25) is 0 Å². The third kappa shape index (κ3) is 2.92. The van der Waals surface area contributed by atoms with E-state index in [0.717, 1.165) is 32.7 Å². The molecule has 0 saturated carbocycles. The smallest absolute Gasteiger partial charge is 0.223 e. The van der Waals surface area contributed by atoms with Crippen molar-refractivity contribution in [3.63, 3.8) is 0 Å². The lowest BCUT2D eigenvalue weighted by Gasteiger charge is -2.39. The summed E-state index contributed by atoms with van der Waals surface area (Å²) in [5.74, 6) is -0.0798. The van der Waals surface area contributed by atoms with Crippen molar-refractivity contribution in [1.82, 2.24) is 4.90 Å². The minimum atomic E-state index is -0.159. The van der Waals surface area contributed by atoms with Gasteiger partial charge in [-0.05, 0) is 12.8 Å². The number of rotatable bonds is 3. The monoisotopic (exact) mass is 212 g/mol. The second-order valence-electron chi connectivity index (χ2n) is 4.66. The van der Waals surface area contributed by atoms with Crippen LogP contribution in [0, 0.1) is 5.92 Å². The van der Waals surface area contributed by atoms with Crippen LogP contribution in [0.5, 0.6) is 0 Å². The highest BCUT2D eigenvalue weighted by atomic mass is 16.5. The zero-order valence-electron chi connectivity index (χ0n) is 9.15. The summed E-state index contributed by atoms with van der Waals surface area (Å²) in [6.07, 6.45) is 5.30. The van der Waals surface area contributed by atoms with E-state index in [2.05, 4.69) is 4.90 Å². The second kappa shape index (κ2) is 4.94. The number of hydrogen-bond donors (Lipinski definition) is 1. The Bertz CT molecular complexity index is 219. The van der Waals surface area contributed by atoms with Gasteiger partial charge >= 0.3 is 0 Å². The fourth-order valence-electron chi connectivity index (χ4n) is 2.32. The molecule has 0 aromatic carbocycles. The third-order valence-electron chi connectivity index (χ3n) is 3.35. The van der Waals surface area contributed by atoms with Gasteiger partial charge in [-0.25, -0.2) is 0 Å². The zero-order valence-corrected chi connectivity index (χ0v) is 9.15. The first-order valence-electron chi connectivity index (χ1n) is 5.89. The van der Waals surface area contributed by atoms with Crippen molar-refractivity contribution >= 4 is 5.91 Å². The molecule has 2 N–H and O–H groups in total. The van der Waals surface area contributed by atoms with Crippen molar-refractivity contribution in [2.45, 2.75) is 31.8 Å². The number of primary amides is 1. The molecule has 2 aliphatic heterocycles. The summed E-state index contributed by atoms with van der Waals surface area (Å²) in [4.78, 5) is 13.1. The molecular weight excluding hydrogens is 192 g/mol. The second-order valence-corrected chi connectivity index (χ2v) is 4.66. The average molecular weight is 212 g/mol. The summed E-state index contributed by atoms with van der Waals surface area (Å²) in [5.41, 5.74) is 5.22. The molecule has 1 unspecified atom stereocenters. The normalized spacial score (nSPS) is 29.5. The van der Waals surface area contributed by atoms with E-state index in [9.17, 15) is 4.79 Å². The van der Waals surface area contributed by atoms with Gasteiger partial charge in [0.2, 0.25) is 5.91 Å². The van der Waals surface area contributed by atoms with Crippen LogP contribution in [0.15, 0.2) is 0 Å². The standard InChI is InChI=1S/C11H20N2O2/c12-11(14)9-6-13(7-9)8-10-4-2-1-3-5-15-10/h9-10H,1-8H2,(H2,12,14). The molecule has 0 aromatic heterocycles. The number of carbonyl (C=O) groups is 1. The number of amides is 1. The van der Waals surface area contributed by atoms with Crippen LogP contribution in [0.3, 0.4) is 0 Å². The molecule has 0 spiro atoms. The van der Waals surface area contributed by atoms with Gasteiger partial charge in [0.05, 0.1) is 12.0 Å². The highest BCUT2D eigenvalue weighted by Crippen LogP contribution is 2.19. The van der Waals surface area contributed by atoms with Gasteiger partial charge in [0, 0.05) is 26.2 Å². The van der Waals surface area contributed by atoms with Crippen LogP contribution in [0.1, 0.15) is 25.7 Å². The highest BCUT2D eigenvalue weighted by Gasteiger charge is 2.32. The van der Waals surface area contributed by atoms with Gasteiger partial charge in [-0.1, -0.05) is 12.8 Å². The number of likely N-dealkylation sites (tertiary alicyclic amines) is 1. The van der Waals surface area contributed by atoms with Crippen molar-refractivity contribution in [2.24, 2.45) is 11.7 Å². The van der Waals surface area contributed by atoms with Crippen molar-refractivity contribution < 1.29 is 9.53 Å². The fourth-order valence-corrected chi connectivity index (χ4v) is 2.32. The molecule has 0 aliphatic carbocycles. The molecule has 4 nitrogen and oxygen atoms in total. The Hall–Kier alpha value is -0.610. The molecule has 2 heterocycles. The molecule has 86 valence electrons. The molecule has 1 amide bonds. The summed E-state index contributed by atoms with van der Waals surface area (Å²) in [6.45, 7) is 3.53. The SMILES string of the molecule is NC(=O)C1CN(CC2CCCCCO2)C1. The number of ether oxygens (including phenoxy) is 1. The van der Waals surface area contributed by atoms with E-state index in [1.165, 1.54) is 19.3 Å². The van der Waals surface area contributed by atoms with Gasteiger partial charge in [0.15, 0.2) is 0 Å². The minimum Gasteiger partial charge on any atom is -0.377 e. The maximum Gasteiger partial charge on any atom is 0.223 e. The summed E-state index contributed by atoms with van der Waals surface area (Å²) in [5, 5.41) is 0. The Morgan fingerprint density at radius 1 is 1.33 bits per heavy atom. The highest BCUT2D eigenvalue weighted by molar-refractivity contribution is 5.78. The van der Waals surface area contributed by atoms with Crippen LogP contribution >= 0.6 is 0 Å². The molecule has 15 heavy (non-hydrogen) atoms.